The number of thiazole rings is 1. The van der Waals surface area contributed by atoms with Crippen LogP contribution in [0, 0.1) is 11.8 Å². The molecule has 1 saturated heterocycles. The van der Waals surface area contributed by atoms with Crippen molar-refractivity contribution in [1.29, 1.82) is 0 Å². The van der Waals surface area contributed by atoms with Gasteiger partial charge in [0, 0.05) is 54.0 Å². The zero-order valence-electron chi connectivity index (χ0n) is 17.0. The van der Waals surface area contributed by atoms with Crippen molar-refractivity contribution in [2.24, 2.45) is 11.8 Å². The number of anilines is 1. The summed E-state index contributed by atoms with van der Waals surface area (Å²) in [6, 6.07) is 7.40. The van der Waals surface area contributed by atoms with E-state index in [9.17, 15) is 18.0 Å². The summed E-state index contributed by atoms with van der Waals surface area (Å²) in [6.07, 6.45) is 2.18. The Morgan fingerprint density at radius 1 is 1.13 bits per heavy atom. The van der Waals surface area contributed by atoms with Crippen molar-refractivity contribution in [1.82, 2.24) is 14.2 Å². The molecule has 0 spiro atoms. The van der Waals surface area contributed by atoms with Crippen LogP contribution in [0.15, 0.2) is 29.6 Å². The molecular formula is C20H23ClN4O4S2. The third-order valence-corrected chi connectivity index (χ3v) is 8.15. The molecule has 1 aromatic heterocycles. The fourth-order valence-corrected chi connectivity index (χ4v) is 5.64. The molecule has 166 valence electrons. The number of nitrogens with zero attached hydrogens (tertiary/aromatic N) is 3. The molecule has 0 radical (unpaired) electrons. The topological polar surface area (TPSA) is 99.7 Å². The zero-order valence-corrected chi connectivity index (χ0v) is 19.3. The van der Waals surface area contributed by atoms with Crippen LogP contribution in [0.2, 0.25) is 5.02 Å². The second kappa shape index (κ2) is 8.85. The summed E-state index contributed by atoms with van der Waals surface area (Å²) >= 11 is 7.54. The smallest absolute Gasteiger partial charge is 0.229 e. The van der Waals surface area contributed by atoms with Gasteiger partial charge < -0.3 is 10.2 Å². The van der Waals surface area contributed by atoms with Gasteiger partial charge in [0.1, 0.15) is 0 Å². The Kier molecular flexibility index (Phi) is 6.34. The minimum Gasteiger partial charge on any atom is -0.340 e. The number of carbonyl (C=O) groups is 2. The van der Waals surface area contributed by atoms with E-state index < -0.39 is 10.0 Å². The van der Waals surface area contributed by atoms with Gasteiger partial charge in [0.15, 0.2) is 5.13 Å². The molecule has 1 aliphatic heterocycles. The second-order valence-corrected chi connectivity index (χ2v) is 11.1. The van der Waals surface area contributed by atoms with Gasteiger partial charge in [-0.05, 0) is 18.9 Å². The second-order valence-electron chi connectivity index (χ2n) is 7.86. The van der Waals surface area contributed by atoms with Gasteiger partial charge in [0.05, 0.1) is 11.9 Å². The van der Waals surface area contributed by atoms with Crippen molar-refractivity contribution in [3.63, 3.8) is 0 Å². The number of nitrogens with one attached hydrogen (secondary N) is 1. The van der Waals surface area contributed by atoms with Crippen molar-refractivity contribution in [3.05, 3.63) is 34.7 Å². The molecular weight excluding hydrogens is 460 g/mol. The fourth-order valence-electron chi connectivity index (χ4n) is 3.86. The number of hydrogen-bond donors (Lipinski definition) is 1. The van der Waals surface area contributed by atoms with Crippen LogP contribution in [0.3, 0.4) is 0 Å². The minimum atomic E-state index is -3.22. The zero-order chi connectivity index (χ0) is 22.2. The van der Waals surface area contributed by atoms with Crippen LogP contribution in [-0.4, -0.2) is 66.9 Å². The Morgan fingerprint density at radius 3 is 2.45 bits per heavy atom. The van der Waals surface area contributed by atoms with Gasteiger partial charge in [-0.3, -0.25) is 9.59 Å². The van der Waals surface area contributed by atoms with Crippen LogP contribution in [0.5, 0.6) is 0 Å². The summed E-state index contributed by atoms with van der Waals surface area (Å²) in [6.45, 7) is 1.42. The van der Waals surface area contributed by atoms with E-state index in [1.165, 1.54) is 21.9 Å². The number of hydrogen-bond acceptors (Lipinski definition) is 6. The molecule has 1 saturated carbocycles. The van der Waals surface area contributed by atoms with E-state index in [0.717, 1.165) is 5.56 Å². The molecule has 31 heavy (non-hydrogen) atoms. The molecule has 11 heteroatoms. The fraction of sp³-hybridized carbons (Fsp3) is 0.450. The summed E-state index contributed by atoms with van der Waals surface area (Å²) < 4.78 is 24.6. The van der Waals surface area contributed by atoms with Gasteiger partial charge in [0.2, 0.25) is 21.8 Å². The normalized spacial score (nSPS) is 22.1. The van der Waals surface area contributed by atoms with Crippen molar-refractivity contribution in [2.75, 3.05) is 37.8 Å². The average Bonchev–Trinajstić information content (AvgIpc) is 3.14. The lowest BCUT2D eigenvalue weighted by Crippen LogP contribution is -2.53. The van der Waals surface area contributed by atoms with Gasteiger partial charge in [-0.25, -0.2) is 13.4 Å². The summed E-state index contributed by atoms with van der Waals surface area (Å²) in [4.78, 5) is 31.4. The van der Waals surface area contributed by atoms with Gasteiger partial charge in [0.25, 0.3) is 0 Å². The molecule has 2 fully saturated rings. The number of piperazine rings is 1. The Hall–Kier alpha value is -2.01. The van der Waals surface area contributed by atoms with E-state index >= 15 is 0 Å². The number of sulfonamides is 1. The van der Waals surface area contributed by atoms with E-state index in [-0.39, 0.29) is 23.7 Å². The number of aromatic nitrogens is 1. The van der Waals surface area contributed by atoms with Gasteiger partial charge in [-0.1, -0.05) is 29.8 Å². The molecule has 0 bridgehead atoms. The first-order valence-electron chi connectivity index (χ1n) is 9.97. The van der Waals surface area contributed by atoms with E-state index in [0.29, 0.717) is 54.9 Å². The molecule has 0 atom stereocenters. The van der Waals surface area contributed by atoms with Gasteiger partial charge >= 0.3 is 0 Å². The Balaban J connectivity index is 1.27. The van der Waals surface area contributed by atoms with Crippen molar-refractivity contribution < 1.29 is 18.0 Å². The molecule has 2 aliphatic rings. The Bertz CT molecular complexity index is 1090. The molecule has 2 aromatic rings. The third-order valence-electron chi connectivity index (χ3n) is 5.76. The quantitative estimate of drug-likeness (QED) is 0.705. The first kappa shape index (κ1) is 22.2. The maximum absolute atomic E-state index is 12.7. The first-order valence-corrected chi connectivity index (χ1v) is 13.1. The van der Waals surface area contributed by atoms with Gasteiger partial charge in [-0.15, -0.1) is 11.3 Å². The predicted octanol–water partition coefficient (Wildman–Crippen LogP) is 2.53. The molecule has 8 nitrogen and oxygen atoms in total. The van der Waals surface area contributed by atoms with E-state index in [1.54, 1.807) is 11.0 Å². The van der Waals surface area contributed by atoms with Crippen LogP contribution in [-0.2, 0) is 19.6 Å². The number of carbonyl (C=O) groups excluding carboxylic acids is 2. The SMILES string of the molecule is CS(=O)(=O)N1CCN(C(=O)[C@H]2C[C@H](C(=O)Nc3nc(-c4ccccc4Cl)cs3)C2)CC1. The third kappa shape index (κ3) is 4.92. The first-order chi connectivity index (χ1) is 14.7. The van der Waals surface area contributed by atoms with E-state index in [2.05, 4.69) is 10.3 Å². The Morgan fingerprint density at radius 2 is 1.81 bits per heavy atom. The molecule has 1 aromatic carbocycles. The molecule has 2 amide bonds. The molecule has 0 unspecified atom stereocenters. The highest BCUT2D eigenvalue weighted by Gasteiger charge is 2.41. The largest absolute Gasteiger partial charge is 0.340 e. The molecule has 4 rings (SSSR count). The number of halogens is 1. The van der Waals surface area contributed by atoms with E-state index in [4.69, 9.17) is 11.6 Å². The standard InChI is InChI=1S/C20H23ClN4O4S2/c1-31(28,29)25-8-6-24(7-9-25)19(27)14-10-13(11-14)18(26)23-20-22-17(12-30-20)15-4-2-3-5-16(15)21/h2-5,12-14H,6-11H2,1H3,(H,22,23,26)/t13-,14-. The van der Waals surface area contributed by atoms with E-state index in [1.807, 2.05) is 23.6 Å². The van der Waals surface area contributed by atoms with Crippen LogP contribution in [0.1, 0.15) is 12.8 Å². The van der Waals surface area contributed by atoms with Gasteiger partial charge in [-0.2, -0.15) is 4.31 Å². The maximum atomic E-state index is 12.7. The van der Waals surface area contributed by atoms with Crippen molar-refractivity contribution in [2.45, 2.75) is 12.8 Å². The summed E-state index contributed by atoms with van der Waals surface area (Å²) in [5.41, 5.74) is 1.52. The van der Waals surface area contributed by atoms with Crippen LogP contribution in [0.25, 0.3) is 11.3 Å². The maximum Gasteiger partial charge on any atom is 0.229 e. The molecule has 2 heterocycles. The predicted molar refractivity (Wildman–Crippen MR) is 120 cm³/mol. The van der Waals surface area contributed by atoms with Crippen molar-refractivity contribution in [3.8, 4) is 11.3 Å². The molecule has 1 aliphatic carbocycles. The number of benzene rings is 1. The highest BCUT2D eigenvalue weighted by molar-refractivity contribution is 7.88. The lowest BCUT2D eigenvalue weighted by atomic mass is 9.73. The lowest BCUT2D eigenvalue weighted by molar-refractivity contribution is -0.143. The minimum absolute atomic E-state index is 0.00690. The summed E-state index contributed by atoms with van der Waals surface area (Å²) in [5.74, 6) is -0.534. The summed E-state index contributed by atoms with van der Waals surface area (Å²) in [7, 11) is -3.22. The van der Waals surface area contributed by atoms with Crippen molar-refractivity contribution >= 4 is 49.9 Å². The van der Waals surface area contributed by atoms with Crippen LogP contribution < -0.4 is 5.32 Å². The highest BCUT2D eigenvalue weighted by atomic mass is 35.5. The Labute approximate surface area is 190 Å². The van der Waals surface area contributed by atoms with Crippen LogP contribution >= 0.6 is 22.9 Å². The number of amides is 2. The molecule has 1 N–H and O–H groups in total. The summed E-state index contributed by atoms with van der Waals surface area (Å²) in [5, 5.41) is 5.80. The monoisotopic (exact) mass is 482 g/mol. The number of rotatable bonds is 5. The highest BCUT2D eigenvalue weighted by Crippen LogP contribution is 2.37. The average molecular weight is 483 g/mol. The van der Waals surface area contributed by atoms with Crippen LogP contribution in [0.4, 0.5) is 5.13 Å². The lowest BCUT2D eigenvalue weighted by Gasteiger charge is -2.39.